The second kappa shape index (κ2) is 6.02. The minimum atomic E-state index is -4.60. The Balaban J connectivity index is 1.66. The Morgan fingerprint density at radius 3 is 2.62 bits per heavy atom. The molecular formula is C14H13F3N4O2S. The van der Waals surface area contributed by atoms with Gasteiger partial charge in [-0.2, -0.15) is 13.2 Å². The maximum atomic E-state index is 12.5. The molecule has 0 bridgehead atoms. The van der Waals surface area contributed by atoms with E-state index in [1.54, 1.807) is 24.3 Å². The van der Waals surface area contributed by atoms with E-state index < -0.39 is 22.8 Å². The smallest absolute Gasteiger partial charge is 0.383 e. The van der Waals surface area contributed by atoms with Crippen LogP contribution < -0.4 is 5.32 Å². The van der Waals surface area contributed by atoms with Crippen molar-refractivity contribution in [1.82, 2.24) is 15.1 Å². The number of amides is 2. The van der Waals surface area contributed by atoms with Crippen LogP contribution >= 0.6 is 11.3 Å². The van der Waals surface area contributed by atoms with Crippen molar-refractivity contribution in [2.75, 3.05) is 18.4 Å². The lowest BCUT2D eigenvalue weighted by atomic mass is 9.93. The van der Waals surface area contributed by atoms with Gasteiger partial charge < -0.3 is 10.0 Å². The predicted octanol–water partition coefficient (Wildman–Crippen LogP) is 2.68. The molecule has 0 radical (unpaired) electrons. The van der Waals surface area contributed by atoms with Crippen LogP contribution in [0.15, 0.2) is 30.3 Å². The van der Waals surface area contributed by atoms with Gasteiger partial charge in [0.15, 0.2) is 0 Å². The van der Waals surface area contributed by atoms with Crippen LogP contribution in [0.2, 0.25) is 0 Å². The first kappa shape index (κ1) is 16.7. The number of likely N-dealkylation sites (tertiary alicyclic amines) is 1. The van der Waals surface area contributed by atoms with Gasteiger partial charge in [0.1, 0.15) is 5.60 Å². The van der Waals surface area contributed by atoms with E-state index in [1.165, 1.54) is 4.90 Å². The maximum absolute atomic E-state index is 12.5. The number of rotatable bonds is 2. The Morgan fingerprint density at radius 1 is 1.29 bits per heavy atom. The standard InChI is InChI=1S/C14H13F3N4O2S/c15-14(16,17)10-19-20-11(24-10)18-12(22)21-7-6-13(23,8-21)9-4-2-1-3-5-9/h1-5,23H,6-8H2,(H,18,20,22). The zero-order valence-corrected chi connectivity index (χ0v) is 13.1. The van der Waals surface area contributed by atoms with Crippen LogP contribution in [0, 0.1) is 0 Å². The van der Waals surface area contributed by atoms with Crippen molar-refractivity contribution in [2.45, 2.75) is 18.2 Å². The van der Waals surface area contributed by atoms with Crippen LogP contribution in [0.25, 0.3) is 0 Å². The third-order valence-corrected chi connectivity index (χ3v) is 4.61. The van der Waals surface area contributed by atoms with E-state index in [0.717, 1.165) is 0 Å². The number of benzene rings is 1. The zero-order chi connectivity index (χ0) is 17.4. The number of aliphatic hydroxyl groups is 1. The first-order valence-corrected chi connectivity index (χ1v) is 7.84. The highest BCUT2D eigenvalue weighted by molar-refractivity contribution is 7.15. The highest BCUT2D eigenvalue weighted by atomic mass is 32.1. The normalized spacial score (nSPS) is 21.1. The summed E-state index contributed by atoms with van der Waals surface area (Å²) in [6.45, 7) is 0.329. The number of β-amino-alcohol motifs (C(OH)–C–C–N with tert-alkyl or cyclic N) is 1. The molecular weight excluding hydrogens is 345 g/mol. The van der Waals surface area contributed by atoms with Gasteiger partial charge in [0.2, 0.25) is 10.1 Å². The minimum absolute atomic E-state index is 0.0494. The van der Waals surface area contributed by atoms with Gasteiger partial charge in [-0.1, -0.05) is 41.7 Å². The predicted molar refractivity (Wildman–Crippen MR) is 80.5 cm³/mol. The molecule has 1 saturated heterocycles. The van der Waals surface area contributed by atoms with Crippen molar-refractivity contribution < 1.29 is 23.1 Å². The largest absolute Gasteiger partial charge is 0.445 e. The van der Waals surface area contributed by atoms with Crippen LogP contribution in [0.5, 0.6) is 0 Å². The quantitative estimate of drug-likeness (QED) is 0.865. The summed E-state index contributed by atoms with van der Waals surface area (Å²) in [6.07, 6.45) is -4.25. The molecule has 6 nitrogen and oxygen atoms in total. The Hall–Kier alpha value is -2.20. The first-order chi connectivity index (χ1) is 11.3. The van der Waals surface area contributed by atoms with E-state index in [4.69, 9.17) is 0 Å². The average Bonchev–Trinajstić information content (AvgIpc) is 3.16. The molecule has 1 aromatic carbocycles. The molecule has 2 aromatic rings. The van der Waals surface area contributed by atoms with Crippen molar-refractivity contribution in [3.05, 3.63) is 40.9 Å². The number of carbonyl (C=O) groups is 1. The van der Waals surface area contributed by atoms with E-state index in [1.807, 2.05) is 6.07 Å². The lowest BCUT2D eigenvalue weighted by molar-refractivity contribution is -0.138. The number of alkyl halides is 3. The second-order valence-electron chi connectivity index (χ2n) is 5.41. The summed E-state index contributed by atoms with van der Waals surface area (Å²) < 4.78 is 37.4. The number of aromatic nitrogens is 2. The van der Waals surface area contributed by atoms with E-state index in [0.29, 0.717) is 12.0 Å². The van der Waals surface area contributed by atoms with Gasteiger partial charge in [-0.05, 0) is 12.0 Å². The number of carbonyl (C=O) groups excluding carboxylic acids is 1. The van der Waals surface area contributed by atoms with Crippen molar-refractivity contribution >= 4 is 22.5 Å². The summed E-state index contributed by atoms with van der Waals surface area (Å²) in [5.41, 5.74) is -0.479. The third-order valence-electron chi connectivity index (χ3n) is 3.73. The van der Waals surface area contributed by atoms with Crippen LogP contribution in [0.4, 0.5) is 23.1 Å². The first-order valence-electron chi connectivity index (χ1n) is 7.02. The Morgan fingerprint density at radius 2 is 2.00 bits per heavy atom. The maximum Gasteiger partial charge on any atom is 0.445 e. The summed E-state index contributed by atoms with van der Waals surface area (Å²) in [5, 5.41) is 17.9. The molecule has 10 heteroatoms. The molecule has 0 saturated carbocycles. The van der Waals surface area contributed by atoms with Crippen molar-refractivity contribution in [2.24, 2.45) is 0 Å². The van der Waals surface area contributed by atoms with E-state index >= 15 is 0 Å². The summed E-state index contributed by atoms with van der Waals surface area (Å²) in [6, 6.07) is 8.31. The minimum Gasteiger partial charge on any atom is -0.383 e. The molecule has 1 aliphatic rings. The molecule has 128 valence electrons. The molecule has 1 atom stereocenters. The van der Waals surface area contributed by atoms with Gasteiger partial charge in [-0.15, -0.1) is 10.2 Å². The lowest BCUT2D eigenvalue weighted by Gasteiger charge is -2.23. The van der Waals surface area contributed by atoms with E-state index in [-0.39, 0.29) is 29.6 Å². The molecule has 1 unspecified atom stereocenters. The number of nitrogens with one attached hydrogen (secondary N) is 1. The van der Waals surface area contributed by atoms with Crippen LogP contribution in [-0.2, 0) is 11.8 Å². The molecule has 2 amide bonds. The number of nitrogens with zero attached hydrogens (tertiary/aromatic N) is 3. The number of urea groups is 1. The molecule has 3 rings (SSSR count). The molecule has 24 heavy (non-hydrogen) atoms. The lowest BCUT2D eigenvalue weighted by Crippen LogP contribution is -2.36. The number of halogens is 3. The molecule has 1 aliphatic heterocycles. The molecule has 2 heterocycles. The molecule has 0 spiro atoms. The van der Waals surface area contributed by atoms with Crippen LogP contribution in [0.3, 0.4) is 0 Å². The molecule has 1 fully saturated rings. The van der Waals surface area contributed by atoms with E-state index in [9.17, 15) is 23.1 Å². The Labute approximate surface area is 138 Å². The van der Waals surface area contributed by atoms with Crippen LogP contribution in [0.1, 0.15) is 17.0 Å². The van der Waals surface area contributed by atoms with Crippen molar-refractivity contribution in [1.29, 1.82) is 0 Å². The summed E-state index contributed by atoms with van der Waals surface area (Å²) in [7, 11) is 0. The van der Waals surface area contributed by atoms with Gasteiger partial charge in [-0.25, -0.2) is 4.79 Å². The molecule has 0 aliphatic carbocycles. The monoisotopic (exact) mass is 358 g/mol. The van der Waals surface area contributed by atoms with Crippen molar-refractivity contribution in [3.63, 3.8) is 0 Å². The highest BCUT2D eigenvalue weighted by Crippen LogP contribution is 2.34. The number of hydrogen-bond acceptors (Lipinski definition) is 5. The van der Waals surface area contributed by atoms with Crippen LogP contribution in [-0.4, -0.2) is 39.3 Å². The topological polar surface area (TPSA) is 78.4 Å². The van der Waals surface area contributed by atoms with Gasteiger partial charge >= 0.3 is 12.2 Å². The fourth-order valence-electron chi connectivity index (χ4n) is 2.51. The van der Waals surface area contributed by atoms with Crippen molar-refractivity contribution in [3.8, 4) is 0 Å². The summed E-state index contributed by atoms with van der Waals surface area (Å²) >= 11 is 0.255. The zero-order valence-electron chi connectivity index (χ0n) is 12.2. The van der Waals surface area contributed by atoms with Gasteiger partial charge in [0.25, 0.3) is 0 Å². The highest BCUT2D eigenvalue weighted by Gasteiger charge is 2.40. The fourth-order valence-corrected chi connectivity index (χ4v) is 3.11. The third kappa shape index (κ3) is 3.34. The molecule has 1 aromatic heterocycles. The Bertz CT molecular complexity index is 737. The fraction of sp³-hybridized carbons (Fsp3) is 0.357. The summed E-state index contributed by atoms with van der Waals surface area (Å²) in [5.74, 6) is 0. The van der Waals surface area contributed by atoms with Gasteiger partial charge in [-0.3, -0.25) is 5.32 Å². The van der Waals surface area contributed by atoms with Gasteiger partial charge in [0.05, 0.1) is 6.54 Å². The van der Waals surface area contributed by atoms with Gasteiger partial charge in [0, 0.05) is 6.54 Å². The van der Waals surface area contributed by atoms with E-state index in [2.05, 4.69) is 15.5 Å². The summed E-state index contributed by atoms with van der Waals surface area (Å²) in [4.78, 5) is 13.5. The Kier molecular flexibility index (Phi) is 4.18. The number of hydrogen-bond donors (Lipinski definition) is 2. The average molecular weight is 358 g/mol. The SMILES string of the molecule is O=C(Nc1nnc(C(F)(F)F)s1)N1CCC(O)(c2ccccc2)C1. The second-order valence-corrected chi connectivity index (χ2v) is 6.39. The molecule has 2 N–H and O–H groups in total. The number of anilines is 1.